The molecule has 2 rings (SSSR count). The van der Waals surface area contributed by atoms with Gasteiger partial charge in [0.25, 0.3) is 0 Å². The second kappa shape index (κ2) is 6.33. The molecule has 4 nitrogen and oxygen atoms in total. The number of anilines is 1. The summed E-state index contributed by atoms with van der Waals surface area (Å²) in [5.41, 5.74) is 0.922. The minimum atomic E-state index is -0.321. The van der Waals surface area contributed by atoms with E-state index in [9.17, 15) is 5.11 Å². The van der Waals surface area contributed by atoms with Crippen LogP contribution >= 0.6 is 15.9 Å². The van der Waals surface area contributed by atoms with Crippen LogP contribution in [0.2, 0.25) is 0 Å². The van der Waals surface area contributed by atoms with Crippen molar-refractivity contribution >= 4 is 21.6 Å². The summed E-state index contributed by atoms with van der Waals surface area (Å²) in [6.07, 6.45) is 5.05. The predicted molar refractivity (Wildman–Crippen MR) is 70.0 cm³/mol. The third-order valence-electron chi connectivity index (χ3n) is 3.03. The molecule has 0 saturated carbocycles. The van der Waals surface area contributed by atoms with Crippen molar-refractivity contribution in [1.29, 1.82) is 0 Å². The maximum Gasteiger partial charge on any atom is 0.0742 e. The minimum absolute atomic E-state index is 0.321. The quantitative estimate of drug-likeness (QED) is 0.893. The van der Waals surface area contributed by atoms with E-state index in [0.29, 0.717) is 12.5 Å². The Morgan fingerprint density at radius 3 is 2.94 bits per heavy atom. The van der Waals surface area contributed by atoms with Gasteiger partial charge in [-0.25, -0.2) is 0 Å². The standard InChI is InChI=1S/C12H17BrN2O2/c13-10-5-11(7-14-6-10)15-8-12(16)9-1-3-17-4-2-9/h5-7,9,12,15-16H,1-4,8H2/t12-/m0/s1. The number of aromatic nitrogens is 1. The summed E-state index contributed by atoms with van der Waals surface area (Å²) < 4.78 is 6.21. The third-order valence-corrected chi connectivity index (χ3v) is 3.46. The summed E-state index contributed by atoms with van der Waals surface area (Å²) in [6, 6.07) is 1.95. The monoisotopic (exact) mass is 300 g/mol. The molecule has 0 spiro atoms. The molecule has 2 N–H and O–H groups in total. The van der Waals surface area contributed by atoms with Crippen molar-refractivity contribution in [2.45, 2.75) is 18.9 Å². The van der Waals surface area contributed by atoms with E-state index in [1.54, 1.807) is 12.4 Å². The van der Waals surface area contributed by atoms with Gasteiger partial charge in [-0.3, -0.25) is 4.98 Å². The van der Waals surface area contributed by atoms with E-state index in [4.69, 9.17) is 4.74 Å². The number of pyridine rings is 1. The molecule has 1 aliphatic heterocycles. The molecule has 94 valence electrons. The summed E-state index contributed by atoms with van der Waals surface area (Å²) in [7, 11) is 0. The van der Waals surface area contributed by atoms with Gasteiger partial charge in [0.05, 0.1) is 18.0 Å². The van der Waals surface area contributed by atoms with E-state index < -0.39 is 0 Å². The van der Waals surface area contributed by atoms with Gasteiger partial charge >= 0.3 is 0 Å². The zero-order valence-corrected chi connectivity index (χ0v) is 11.2. The van der Waals surface area contributed by atoms with Gasteiger partial charge in [0.2, 0.25) is 0 Å². The van der Waals surface area contributed by atoms with Gasteiger partial charge in [0.15, 0.2) is 0 Å². The van der Waals surface area contributed by atoms with E-state index >= 15 is 0 Å². The van der Waals surface area contributed by atoms with Crippen molar-refractivity contribution in [3.8, 4) is 0 Å². The molecule has 1 fully saturated rings. The van der Waals surface area contributed by atoms with Crippen LogP contribution in [0.4, 0.5) is 5.69 Å². The molecule has 5 heteroatoms. The third kappa shape index (κ3) is 3.94. The van der Waals surface area contributed by atoms with E-state index in [-0.39, 0.29) is 6.10 Å². The number of rotatable bonds is 4. The zero-order chi connectivity index (χ0) is 12.1. The van der Waals surface area contributed by atoms with Crippen LogP contribution in [0.1, 0.15) is 12.8 Å². The highest BCUT2D eigenvalue weighted by Crippen LogP contribution is 2.20. The van der Waals surface area contributed by atoms with E-state index in [0.717, 1.165) is 36.2 Å². The molecule has 0 unspecified atom stereocenters. The zero-order valence-electron chi connectivity index (χ0n) is 9.60. The van der Waals surface area contributed by atoms with Crippen molar-refractivity contribution in [3.63, 3.8) is 0 Å². The number of nitrogens with one attached hydrogen (secondary N) is 1. The maximum atomic E-state index is 10.1. The largest absolute Gasteiger partial charge is 0.391 e. The Labute approximate surface area is 110 Å². The molecule has 1 aromatic rings. The van der Waals surface area contributed by atoms with Crippen molar-refractivity contribution in [2.24, 2.45) is 5.92 Å². The SMILES string of the molecule is O[C@@H](CNc1cncc(Br)c1)C1CCOCC1. The first-order valence-corrected chi connectivity index (χ1v) is 6.65. The smallest absolute Gasteiger partial charge is 0.0742 e. The molecule has 0 aromatic carbocycles. The molecule has 0 radical (unpaired) electrons. The fourth-order valence-corrected chi connectivity index (χ4v) is 2.36. The van der Waals surface area contributed by atoms with E-state index in [1.807, 2.05) is 6.07 Å². The first-order valence-electron chi connectivity index (χ1n) is 5.86. The van der Waals surface area contributed by atoms with Crippen LogP contribution in [0.15, 0.2) is 22.9 Å². The van der Waals surface area contributed by atoms with Gasteiger partial charge in [-0.15, -0.1) is 0 Å². The topological polar surface area (TPSA) is 54.4 Å². The lowest BCUT2D eigenvalue weighted by Gasteiger charge is -2.27. The molecule has 0 aliphatic carbocycles. The van der Waals surface area contributed by atoms with Crippen LogP contribution in [0.25, 0.3) is 0 Å². The molecule has 0 amide bonds. The lowest BCUT2D eigenvalue weighted by Crippen LogP contribution is -2.32. The van der Waals surface area contributed by atoms with Crippen molar-refractivity contribution < 1.29 is 9.84 Å². The van der Waals surface area contributed by atoms with Crippen LogP contribution in [0, 0.1) is 5.92 Å². The number of halogens is 1. The number of nitrogens with zero attached hydrogens (tertiary/aromatic N) is 1. The number of aliphatic hydroxyl groups excluding tert-OH is 1. The number of hydrogen-bond acceptors (Lipinski definition) is 4. The fraction of sp³-hybridized carbons (Fsp3) is 0.583. The minimum Gasteiger partial charge on any atom is -0.391 e. The average molecular weight is 301 g/mol. The van der Waals surface area contributed by atoms with Crippen molar-refractivity contribution in [1.82, 2.24) is 4.98 Å². The Morgan fingerprint density at radius 1 is 1.47 bits per heavy atom. The molecule has 2 heterocycles. The normalized spacial score (nSPS) is 18.9. The number of aliphatic hydroxyl groups is 1. The Bertz CT molecular complexity index is 356. The Balaban J connectivity index is 1.80. The molecule has 1 aliphatic rings. The lowest BCUT2D eigenvalue weighted by molar-refractivity contribution is 0.0131. The van der Waals surface area contributed by atoms with Crippen molar-refractivity contribution in [3.05, 3.63) is 22.9 Å². The summed E-state index contributed by atoms with van der Waals surface area (Å²) >= 11 is 3.36. The molecule has 1 aromatic heterocycles. The number of ether oxygens (including phenoxy) is 1. The number of hydrogen-bond donors (Lipinski definition) is 2. The first kappa shape index (κ1) is 12.8. The van der Waals surface area contributed by atoms with E-state index in [2.05, 4.69) is 26.2 Å². The van der Waals surface area contributed by atoms with Gasteiger partial charge in [-0.1, -0.05) is 0 Å². The van der Waals surface area contributed by atoms with Crippen LogP contribution in [0.3, 0.4) is 0 Å². The molecule has 17 heavy (non-hydrogen) atoms. The van der Waals surface area contributed by atoms with Crippen LogP contribution in [0.5, 0.6) is 0 Å². The van der Waals surface area contributed by atoms with Crippen LogP contribution in [-0.2, 0) is 4.74 Å². The van der Waals surface area contributed by atoms with Gasteiger partial charge in [0, 0.05) is 30.4 Å². The summed E-state index contributed by atoms with van der Waals surface area (Å²) in [5, 5.41) is 13.3. The lowest BCUT2D eigenvalue weighted by atomic mass is 9.94. The molecule has 1 saturated heterocycles. The fourth-order valence-electron chi connectivity index (χ4n) is 2.00. The highest BCUT2D eigenvalue weighted by molar-refractivity contribution is 9.10. The second-order valence-electron chi connectivity index (χ2n) is 4.29. The van der Waals surface area contributed by atoms with Gasteiger partial charge in [-0.05, 0) is 40.8 Å². The second-order valence-corrected chi connectivity index (χ2v) is 5.21. The summed E-state index contributed by atoms with van der Waals surface area (Å²) in [5.74, 6) is 0.344. The average Bonchev–Trinajstić information content (AvgIpc) is 2.37. The van der Waals surface area contributed by atoms with Crippen LogP contribution < -0.4 is 5.32 Å². The Morgan fingerprint density at radius 2 is 2.24 bits per heavy atom. The van der Waals surface area contributed by atoms with Crippen molar-refractivity contribution in [2.75, 3.05) is 25.1 Å². The molecule has 1 atom stereocenters. The Kier molecular flexibility index (Phi) is 4.76. The van der Waals surface area contributed by atoms with Gasteiger partial charge in [0.1, 0.15) is 0 Å². The first-order chi connectivity index (χ1) is 8.25. The molecular weight excluding hydrogens is 284 g/mol. The van der Waals surface area contributed by atoms with Gasteiger partial charge < -0.3 is 15.2 Å². The highest BCUT2D eigenvalue weighted by Gasteiger charge is 2.21. The van der Waals surface area contributed by atoms with E-state index in [1.165, 1.54) is 0 Å². The van der Waals surface area contributed by atoms with Crippen LogP contribution in [-0.4, -0.2) is 36.0 Å². The summed E-state index contributed by atoms with van der Waals surface area (Å²) in [6.45, 7) is 2.09. The van der Waals surface area contributed by atoms with Gasteiger partial charge in [-0.2, -0.15) is 0 Å². The molecular formula is C12H17BrN2O2. The highest BCUT2D eigenvalue weighted by atomic mass is 79.9. The summed E-state index contributed by atoms with van der Waals surface area (Å²) in [4.78, 5) is 4.06. The predicted octanol–water partition coefficient (Wildman–Crippen LogP) is 2.04. The Hall–Kier alpha value is -0.650. The maximum absolute atomic E-state index is 10.1. The molecule has 0 bridgehead atoms.